The van der Waals surface area contributed by atoms with E-state index in [1.807, 2.05) is 19.9 Å². The summed E-state index contributed by atoms with van der Waals surface area (Å²) in [5, 5.41) is 0.809. The molecule has 0 bridgehead atoms. The lowest BCUT2D eigenvalue weighted by Gasteiger charge is -2.02. The molecule has 1 heterocycles. The smallest absolute Gasteiger partial charge is 0.0551 e. The molecule has 3 heteroatoms. The van der Waals surface area contributed by atoms with E-state index in [0.717, 1.165) is 22.6 Å². The first-order chi connectivity index (χ1) is 6.66. The van der Waals surface area contributed by atoms with Crippen molar-refractivity contribution in [2.75, 3.05) is 7.05 Å². The molecule has 1 nitrogen and oxygen atoms in total. The van der Waals surface area contributed by atoms with Crippen LogP contribution in [0.5, 0.6) is 0 Å². The van der Waals surface area contributed by atoms with Crippen LogP contribution in [0.2, 0.25) is 5.02 Å². The zero-order valence-corrected chi connectivity index (χ0v) is 11.1. The van der Waals surface area contributed by atoms with Gasteiger partial charge in [0.05, 0.1) is 5.02 Å². The van der Waals surface area contributed by atoms with Crippen LogP contribution in [0.4, 0.5) is 0 Å². The first-order valence-electron chi connectivity index (χ1n) is 4.82. The Morgan fingerprint density at radius 2 is 1.71 bits per heavy atom. The Balaban J connectivity index is 0.000000461. The van der Waals surface area contributed by atoms with E-state index in [1.54, 1.807) is 0 Å². The summed E-state index contributed by atoms with van der Waals surface area (Å²) in [6, 6.07) is 4.16. The predicted molar refractivity (Wildman–Crippen MR) is 65.7 cm³/mol. The molecule has 0 saturated carbocycles. The highest BCUT2D eigenvalue weighted by Gasteiger charge is 2.16. The number of rotatable bonds is 0. The summed E-state index contributed by atoms with van der Waals surface area (Å²) in [5.41, 5.74) is 2.74. The minimum atomic E-state index is 0.809. The Labute approximate surface area is 99.2 Å². The van der Waals surface area contributed by atoms with Gasteiger partial charge in [-0.25, -0.2) is 0 Å². The average molecular weight is 277 g/mol. The number of hydrogen-bond acceptors (Lipinski definition) is 1. The van der Waals surface area contributed by atoms with Crippen LogP contribution < -0.4 is 0 Å². The molecule has 1 aromatic carbocycles. The molecule has 0 N–H and O–H groups in total. The van der Waals surface area contributed by atoms with Crippen molar-refractivity contribution >= 4 is 27.5 Å². The molecule has 0 spiro atoms. The molecule has 0 fully saturated rings. The maximum absolute atomic E-state index is 5.97. The van der Waals surface area contributed by atoms with Crippen molar-refractivity contribution in [2.45, 2.75) is 26.9 Å². The summed E-state index contributed by atoms with van der Waals surface area (Å²) in [6.07, 6.45) is 0. The second-order valence-corrected chi connectivity index (χ2v) is 4.47. The van der Waals surface area contributed by atoms with Crippen LogP contribution in [0.15, 0.2) is 16.6 Å². The van der Waals surface area contributed by atoms with Gasteiger partial charge in [0.15, 0.2) is 0 Å². The van der Waals surface area contributed by atoms with E-state index in [1.165, 1.54) is 11.1 Å². The molecule has 1 aliphatic heterocycles. The van der Waals surface area contributed by atoms with Gasteiger partial charge in [0, 0.05) is 17.6 Å². The second-order valence-electron chi connectivity index (χ2n) is 3.21. The van der Waals surface area contributed by atoms with Crippen LogP contribution in [0.3, 0.4) is 0 Å². The van der Waals surface area contributed by atoms with E-state index < -0.39 is 0 Å². The molecule has 78 valence electrons. The molecule has 1 aromatic rings. The highest BCUT2D eigenvalue weighted by Crippen LogP contribution is 2.30. The minimum absolute atomic E-state index is 0.809. The quantitative estimate of drug-likeness (QED) is 0.690. The molecule has 0 atom stereocenters. The fourth-order valence-corrected chi connectivity index (χ4v) is 2.14. The van der Waals surface area contributed by atoms with Crippen molar-refractivity contribution in [1.29, 1.82) is 0 Å². The van der Waals surface area contributed by atoms with E-state index in [-0.39, 0.29) is 0 Å². The van der Waals surface area contributed by atoms with Gasteiger partial charge in [-0.1, -0.05) is 25.4 Å². The average Bonchev–Trinajstić information content (AvgIpc) is 2.49. The van der Waals surface area contributed by atoms with Crippen LogP contribution in [-0.4, -0.2) is 11.9 Å². The van der Waals surface area contributed by atoms with Crippen molar-refractivity contribution in [1.82, 2.24) is 4.90 Å². The van der Waals surface area contributed by atoms with E-state index in [9.17, 15) is 0 Å². The molecule has 0 saturated heterocycles. The van der Waals surface area contributed by atoms with Gasteiger partial charge in [0.25, 0.3) is 0 Å². The molecular formula is C11H15BrClN. The van der Waals surface area contributed by atoms with Crippen molar-refractivity contribution in [3.8, 4) is 0 Å². The number of halogens is 2. The summed E-state index contributed by atoms with van der Waals surface area (Å²) in [5.74, 6) is 0. The van der Waals surface area contributed by atoms with E-state index in [0.29, 0.717) is 0 Å². The zero-order valence-electron chi connectivity index (χ0n) is 8.77. The van der Waals surface area contributed by atoms with Gasteiger partial charge in [-0.2, -0.15) is 0 Å². The largest absolute Gasteiger partial charge is 0.298 e. The normalized spacial score (nSPS) is 14.6. The number of fused-ring (bicyclic) bond motifs is 1. The zero-order chi connectivity index (χ0) is 10.7. The van der Waals surface area contributed by atoms with Crippen molar-refractivity contribution in [2.24, 2.45) is 0 Å². The maximum atomic E-state index is 5.97. The van der Waals surface area contributed by atoms with Gasteiger partial charge in [0.1, 0.15) is 0 Å². The summed E-state index contributed by atoms with van der Waals surface area (Å²) in [4.78, 5) is 2.27. The van der Waals surface area contributed by atoms with Crippen LogP contribution in [0.1, 0.15) is 25.0 Å². The van der Waals surface area contributed by atoms with Gasteiger partial charge in [0.2, 0.25) is 0 Å². The molecule has 2 rings (SSSR count). The predicted octanol–water partition coefficient (Wildman–Crippen LogP) is 4.07. The van der Waals surface area contributed by atoms with E-state index >= 15 is 0 Å². The molecule has 0 radical (unpaired) electrons. The summed E-state index contributed by atoms with van der Waals surface area (Å²) < 4.78 is 0.998. The summed E-state index contributed by atoms with van der Waals surface area (Å²) in [7, 11) is 2.11. The number of hydrogen-bond donors (Lipinski definition) is 0. The van der Waals surface area contributed by atoms with Crippen LogP contribution in [0.25, 0.3) is 0 Å². The van der Waals surface area contributed by atoms with E-state index in [2.05, 4.69) is 33.9 Å². The fourth-order valence-electron chi connectivity index (χ4n) is 1.56. The van der Waals surface area contributed by atoms with Gasteiger partial charge in [-0.05, 0) is 46.2 Å². The molecule has 0 amide bonds. The Morgan fingerprint density at radius 3 is 2.29 bits per heavy atom. The number of nitrogens with zero attached hydrogens (tertiary/aromatic N) is 1. The van der Waals surface area contributed by atoms with Crippen molar-refractivity contribution in [3.63, 3.8) is 0 Å². The molecule has 0 aliphatic carbocycles. The van der Waals surface area contributed by atoms with Crippen LogP contribution in [0, 0.1) is 0 Å². The van der Waals surface area contributed by atoms with E-state index in [4.69, 9.17) is 11.6 Å². The lowest BCUT2D eigenvalue weighted by molar-refractivity contribution is 0.353. The lowest BCUT2D eigenvalue weighted by atomic mass is 10.1. The summed E-state index contributed by atoms with van der Waals surface area (Å²) >= 11 is 9.39. The van der Waals surface area contributed by atoms with Crippen molar-refractivity contribution in [3.05, 3.63) is 32.8 Å². The highest BCUT2D eigenvalue weighted by molar-refractivity contribution is 9.10. The lowest BCUT2D eigenvalue weighted by Crippen LogP contribution is -2.07. The second kappa shape index (κ2) is 5.15. The minimum Gasteiger partial charge on any atom is -0.298 e. The molecule has 0 aromatic heterocycles. The topological polar surface area (TPSA) is 3.24 Å². The monoisotopic (exact) mass is 275 g/mol. The first kappa shape index (κ1) is 12.0. The maximum Gasteiger partial charge on any atom is 0.0551 e. The third-order valence-electron chi connectivity index (χ3n) is 2.12. The summed E-state index contributed by atoms with van der Waals surface area (Å²) in [6.45, 7) is 6.05. The highest BCUT2D eigenvalue weighted by atomic mass is 79.9. The third kappa shape index (κ3) is 2.50. The van der Waals surface area contributed by atoms with Gasteiger partial charge in [-0.15, -0.1) is 0 Å². The first-order valence-corrected chi connectivity index (χ1v) is 5.99. The molecule has 14 heavy (non-hydrogen) atoms. The van der Waals surface area contributed by atoms with Gasteiger partial charge >= 0.3 is 0 Å². The van der Waals surface area contributed by atoms with Crippen molar-refractivity contribution < 1.29 is 0 Å². The molecule has 1 aliphatic rings. The standard InChI is InChI=1S/C9H9BrClN.C2H6/c1-12-4-6-2-8(10)9(11)3-7(6)5-12;1-2/h2-3H,4-5H2,1H3;1-2H3. The Hall–Kier alpha value is -0.0500. The third-order valence-corrected chi connectivity index (χ3v) is 3.32. The molecular weight excluding hydrogens is 261 g/mol. The fraction of sp³-hybridized carbons (Fsp3) is 0.455. The Bertz CT molecular complexity index is 294. The molecule has 0 unspecified atom stereocenters. The van der Waals surface area contributed by atoms with Crippen LogP contribution >= 0.6 is 27.5 Å². The Kier molecular flexibility index (Phi) is 4.42. The Morgan fingerprint density at radius 1 is 1.21 bits per heavy atom. The van der Waals surface area contributed by atoms with Crippen LogP contribution in [-0.2, 0) is 13.1 Å². The SMILES string of the molecule is CC.CN1Cc2cc(Cl)c(Br)cc2C1. The van der Waals surface area contributed by atoms with Gasteiger partial charge < -0.3 is 0 Å². The van der Waals surface area contributed by atoms with Gasteiger partial charge in [-0.3, -0.25) is 4.90 Å². The number of benzene rings is 1.